The van der Waals surface area contributed by atoms with Crippen molar-refractivity contribution in [3.8, 4) is 0 Å². The molecule has 0 spiro atoms. The van der Waals surface area contributed by atoms with Gasteiger partial charge in [0.1, 0.15) is 0 Å². The third-order valence-corrected chi connectivity index (χ3v) is 3.07. The molecule has 1 aromatic heterocycles. The first-order chi connectivity index (χ1) is 7.66. The summed E-state index contributed by atoms with van der Waals surface area (Å²) in [5, 5.41) is 3.39. The molecule has 0 aliphatic carbocycles. The van der Waals surface area contributed by atoms with Crippen LogP contribution in [0.3, 0.4) is 0 Å². The van der Waals surface area contributed by atoms with E-state index in [4.69, 9.17) is 0 Å². The number of rotatable bonds is 2. The van der Waals surface area contributed by atoms with Crippen molar-refractivity contribution in [3.63, 3.8) is 0 Å². The van der Waals surface area contributed by atoms with Crippen LogP contribution in [0.4, 0.5) is 11.4 Å². The molecule has 0 aliphatic heterocycles. The third kappa shape index (κ3) is 2.42. The predicted octanol–water partition coefficient (Wildman–Crippen LogP) is 4.20. The van der Waals surface area contributed by atoms with Crippen LogP contribution in [-0.2, 0) is 0 Å². The largest absolute Gasteiger partial charge is 0.354 e. The van der Waals surface area contributed by atoms with E-state index in [1.807, 2.05) is 6.07 Å². The summed E-state index contributed by atoms with van der Waals surface area (Å²) < 4.78 is 0.968. The Morgan fingerprint density at radius 2 is 1.94 bits per heavy atom. The number of pyridine rings is 1. The van der Waals surface area contributed by atoms with Crippen LogP contribution < -0.4 is 5.32 Å². The Morgan fingerprint density at radius 1 is 1.12 bits per heavy atom. The topological polar surface area (TPSA) is 24.9 Å². The van der Waals surface area contributed by atoms with Crippen molar-refractivity contribution >= 4 is 27.3 Å². The maximum absolute atomic E-state index is 4.04. The fourth-order valence-corrected chi connectivity index (χ4v) is 1.84. The SMILES string of the molecule is Cc1ccc(C)c(Nc2ccncc2Br)c1. The minimum atomic E-state index is 0.968. The number of aryl methyl sites for hydroxylation is 2. The molecule has 2 nitrogen and oxygen atoms in total. The van der Waals surface area contributed by atoms with Gasteiger partial charge in [0.2, 0.25) is 0 Å². The maximum atomic E-state index is 4.04. The second kappa shape index (κ2) is 4.66. The van der Waals surface area contributed by atoms with Crippen LogP contribution in [0.1, 0.15) is 11.1 Å². The van der Waals surface area contributed by atoms with E-state index in [1.54, 1.807) is 12.4 Å². The molecule has 0 fully saturated rings. The van der Waals surface area contributed by atoms with Gasteiger partial charge in [0.25, 0.3) is 0 Å². The molecular weight excluding hydrogens is 264 g/mol. The lowest BCUT2D eigenvalue weighted by molar-refractivity contribution is 1.30. The first kappa shape index (κ1) is 11.1. The molecule has 0 radical (unpaired) electrons. The van der Waals surface area contributed by atoms with E-state index >= 15 is 0 Å². The van der Waals surface area contributed by atoms with Gasteiger partial charge in [-0.3, -0.25) is 4.98 Å². The van der Waals surface area contributed by atoms with Crippen molar-refractivity contribution < 1.29 is 0 Å². The molecule has 0 bridgehead atoms. The molecule has 0 aliphatic rings. The first-order valence-electron chi connectivity index (χ1n) is 5.10. The number of hydrogen-bond donors (Lipinski definition) is 1. The summed E-state index contributed by atoms with van der Waals surface area (Å²) >= 11 is 3.47. The predicted molar refractivity (Wildman–Crippen MR) is 71.1 cm³/mol. The molecular formula is C13H13BrN2. The highest BCUT2D eigenvalue weighted by Crippen LogP contribution is 2.26. The zero-order valence-electron chi connectivity index (χ0n) is 9.29. The quantitative estimate of drug-likeness (QED) is 0.889. The van der Waals surface area contributed by atoms with Gasteiger partial charge in [-0.15, -0.1) is 0 Å². The van der Waals surface area contributed by atoms with Crippen molar-refractivity contribution in [2.45, 2.75) is 13.8 Å². The summed E-state index contributed by atoms with van der Waals surface area (Å²) in [4.78, 5) is 4.04. The minimum absolute atomic E-state index is 0.968. The number of nitrogens with zero attached hydrogens (tertiary/aromatic N) is 1. The van der Waals surface area contributed by atoms with E-state index in [2.05, 4.69) is 58.3 Å². The zero-order valence-corrected chi connectivity index (χ0v) is 10.9. The number of nitrogens with one attached hydrogen (secondary N) is 1. The number of aromatic nitrogens is 1. The Morgan fingerprint density at radius 3 is 2.69 bits per heavy atom. The van der Waals surface area contributed by atoms with E-state index in [-0.39, 0.29) is 0 Å². The Hall–Kier alpha value is -1.35. The summed E-state index contributed by atoms with van der Waals surface area (Å²) in [5.74, 6) is 0. The Kier molecular flexibility index (Phi) is 3.25. The first-order valence-corrected chi connectivity index (χ1v) is 5.90. The second-order valence-corrected chi connectivity index (χ2v) is 4.65. The van der Waals surface area contributed by atoms with Gasteiger partial charge in [-0.1, -0.05) is 12.1 Å². The molecule has 16 heavy (non-hydrogen) atoms. The van der Waals surface area contributed by atoms with Crippen LogP contribution in [0.15, 0.2) is 41.1 Å². The van der Waals surface area contributed by atoms with Crippen LogP contribution in [0.25, 0.3) is 0 Å². The average Bonchev–Trinajstić information content (AvgIpc) is 2.27. The highest BCUT2D eigenvalue weighted by molar-refractivity contribution is 9.10. The summed E-state index contributed by atoms with van der Waals surface area (Å²) in [5.41, 5.74) is 4.64. The summed E-state index contributed by atoms with van der Waals surface area (Å²) in [6.07, 6.45) is 3.56. The summed E-state index contributed by atoms with van der Waals surface area (Å²) in [7, 11) is 0. The van der Waals surface area contributed by atoms with Gasteiger partial charge in [-0.25, -0.2) is 0 Å². The fraction of sp³-hybridized carbons (Fsp3) is 0.154. The monoisotopic (exact) mass is 276 g/mol. The second-order valence-electron chi connectivity index (χ2n) is 3.80. The fourth-order valence-electron chi connectivity index (χ4n) is 1.49. The molecule has 1 N–H and O–H groups in total. The van der Waals surface area contributed by atoms with E-state index < -0.39 is 0 Å². The molecule has 0 unspecified atom stereocenters. The van der Waals surface area contributed by atoms with Crippen molar-refractivity contribution in [2.75, 3.05) is 5.32 Å². The van der Waals surface area contributed by atoms with Crippen LogP contribution >= 0.6 is 15.9 Å². The average molecular weight is 277 g/mol. The van der Waals surface area contributed by atoms with E-state index in [0.29, 0.717) is 0 Å². The molecule has 0 amide bonds. The Bertz CT molecular complexity index is 509. The van der Waals surface area contributed by atoms with Gasteiger partial charge >= 0.3 is 0 Å². The van der Waals surface area contributed by atoms with Gasteiger partial charge < -0.3 is 5.32 Å². The molecule has 3 heteroatoms. The number of hydrogen-bond acceptors (Lipinski definition) is 2. The number of anilines is 2. The third-order valence-electron chi connectivity index (χ3n) is 2.43. The standard InChI is InChI=1S/C13H13BrN2/c1-9-3-4-10(2)13(7-9)16-12-5-6-15-8-11(12)14/h3-8H,1-2H3,(H,15,16). The zero-order chi connectivity index (χ0) is 11.5. The molecule has 0 atom stereocenters. The van der Waals surface area contributed by atoms with Gasteiger partial charge in [0.15, 0.2) is 0 Å². The maximum Gasteiger partial charge on any atom is 0.0593 e. The number of halogens is 1. The minimum Gasteiger partial charge on any atom is -0.354 e. The van der Waals surface area contributed by atoms with E-state index in [0.717, 1.165) is 15.8 Å². The lowest BCUT2D eigenvalue weighted by Crippen LogP contribution is -1.94. The van der Waals surface area contributed by atoms with Gasteiger partial charge in [-0.05, 0) is 53.0 Å². The van der Waals surface area contributed by atoms with Gasteiger partial charge in [0.05, 0.1) is 10.2 Å². The lowest BCUT2D eigenvalue weighted by Gasteiger charge is -2.11. The normalized spacial score (nSPS) is 10.2. The van der Waals surface area contributed by atoms with Gasteiger partial charge in [-0.2, -0.15) is 0 Å². The highest BCUT2D eigenvalue weighted by atomic mass is 79.9. The molecule has 0 saturated carbocycles. The molecule has 1 aromatic carbocycles. The smallest absolute Gasteiger partial charge is 0.0593 e. The van der Waals surface area contributed by atoms with Gasteiger partial charge in [0, 0.05) is 18.1 Å². The van der Waals surface area contributed by atoms with Crippen molar-refractivity contribution in [3.05, 3.63) is 52.3 Å². The van der Waals surface area contributed by atoms with Crippen molar-refractivity contribution in [2.24, 2.45) is 0 Å². The van der Waals surface area contributed by atoms with Crippen LogP contribution in [0.5, 0.6) is 0 Å². The molecule has 82 valence electrons. The van der Waals surface area contributed by atoms with Crippen LogP contribution in [0, 0.1) is 13.8 Å². The van der Waals surface area contributed by atoms with Crippen LogP contribution in [-0.4, -0.2) is 4.98 Å². The van der Waals surface area contributed by atoms with Crippen molar-refractivity contribution in [1.82, 2.24) is 4.98 Å². The Labute approximate surface area is 104 Å². The molecule has 2 rings (SSSR count). The van der Waals surface area contributed by atoms with E-state index in [1.165, 1.54) is 11.1 Å². The van der Waals surface area contributed by atoms with E-state index in [9.17, 15) is 0 Å². The summed E-state index contributed by atoms with van der Waals surface area (Å²) in [6, 6.07) is 8.32. The Balaban J connectivity index is 2.34. The highest BCUT2D eigenvalue weighted by Gasteiger charge is 2.02. The molecule has 0 saturated heterocycles. The molecule has 1 heterocycles. The summed E-state index contributed by atoms with van der Waals surface area (Å²) in [6.45, 7) is 4.18. The lowest BCUT2D eigenvalue weighted by atomic mass is 10.1. The molecule has 2 aromatic rings. The van der Waals surface area contributed by atoms with Crippen LogP contribution in [0.2, 0.25) is 0 Å². The number of benzene rings is 1. The van der Waals surface area contributed by atoms with Crippen molar-refractivity contribution in [1.29, 1.82) is 0 Å².